The van der Waals surface area contributed by atoms with Crippen molar-refractivity contribution in [2.75, 3.05) is 0 Å². The van der Waals surface area contributed by atoms with Gasteiger partial charge < -0.3 is 14.9 Å². The van der Waals surface area contributed by atoms with Gasteiger partial charge in [0, 0.05) is 17.7 Å². The van der Waals surface area contributed by atoms with E-state index >= 15 is 0 Å². The average molecular weight is 506 g/mol. The number of thiazole rings is 1. The van der Waals surface area contributed by atoms with Crippen LogP contribution in [0.5, 0.6) is 0 Å². The van der Waals surface area contributed by atoms with Gasteiger partial charge in [-0.2, -0.15) is 0 Å². The second-order valence-corrected chi connectivity index (χ2v) is 12.1. The SMILES string of the molecule is CC(=Cc1csc(C)n1)[C@]1(C)C/C=C(/C)CCC[C@H](C)[C@H](O)[C@@H](C)C(=O)C(C)(C)[C@@H](O)CC(=O)O1. The molecule has 0 aliphatic carbocycles. The van der Waals surface area contributed by atoms with Crippen molar-refractivity contribution in [1.29, 1.82) is 0 Å². The Morgan fingerprint density at radius 1 is 1.20 bits per heavy atom. The topological polar surface area (TPSA) is 96.7 Å². The minimum Gasteiger partial charge on any atom is -0.454 e. The van der Waals surface area contributed by atoms with Crippen LogP contribution in [0.25, 0.3) is 6.08 Å². The van der Waals surface area contributed by atoms with Crippen LogP contribution in [0, 0.1) is 24.2 Å². The van der Waals surface area contributed by atoms with Crippen LogP contribution in [-0.2, 0) is 14.3 Å². The van der Waals surface area contributed by atoms with Gasteiger partial charge in [0.15, 0.2) is 0 Å². The first-order chi connectivity index (χ1) is 16.2. The number of aliphatic hydroxyl groups excluding tert-OH is 2. The van der Waals surface area contributed by atoms with Crippen LogP contribution < -0.4 is 0 Å². The Kier molecular flexibility index (Phi) is 10.0. The molecule has 1 aliphatic heterocycles. The summed E-state index contributed by atoms with van der Waals surface area (Å²) in [6, 6.07) is 0. The normalized spacial score (nSPS) is 33.7. The first-order valence-corrected chi connectivity index (χ1v) is 13.4. The van der Waals surface area contributed by atoms with Gasteiger partial charge in [-0.1, -0.05) is 39.3 Å². The number of ether oxygens (including phenoxy) is 1. The number of carbonyl (C=O) groups excluding carboxylic acids is 2. The summed E-state index contributed by atoms with van der Waals surface area (Å²) >= 11 is 1.56. The fourth-order valence-corrected chi connectivity index (χ4v) is 5.12. The number of rotatable bonds is 2. The fraction of sp³-hybridized carbons (Fsp3) is 0.679. The quantitative estimate of drug-likeness (QED) is 0.398. The van der Waals surface area contributed by atoms with E-state index in [1.54, 1.807) is 32.1 Å². The summed E-state index contributed by atoms with van der Waals surface area (Å²) in [5.74, 6) is -1.52. The number of ketones is 1. The van der Waals surface area contributed by atoms with Crippen molar-refractivity contribution < 1.29 is 24.5 Å². The number of aliphatic hydroxyl groups is 2. The molecule has 6 nitrogen and oxygen atoms in total. The summed E-state index contributed by atoms with van der Waals surface area (Å²) in [6.07, 6.45) is 4.74. The van der Waals surface area contributed by atoms with E-state index in [2.05, 4.69) is 18.0 Å². The molecule has 7 heteroatoms. The van der Waals surface area contributed by atoms with Gasteiger partial charge in [0.2, 0.25) is 0 Å². The lowest BCUT2D eigenvalue weighted by Crippen LogP contribution is -2.46. The van der Waals surface area contributed by atoms with Crippen LogP contribution in [-0.4, -0.2) is 44.8 Å². The van der Waals surface area contributed by atoms with Gasteiger partial charge in [-0.15, -0.1) is 11.3 Å². The highest BCUT2D eigenvalue weighted by atomic mass is 32.1. The second kappa shape index (κ2) is 11.9. The number of carbonyl (C=O) groups is 2. The molecule has 0 spiro atoms. The highest BCUT2D eigenvalue weighted by Crippen LogP contribution is 2.34. The molecule has 1 aromatic heterocycles. The van der Waals surface area contributed by atoms with Crippen molar-refractivity contribution in [1.82, 2.24) is 4.98 Å². The Morgan fingerprint density at radius 2 is 1.86 bits per heavy atom. The average Bonchev–Trinajstić information content (AvgIpc) is 3.19. The standard InChI is InChI=1S/C28H43NO5S/c1-17-10-9-11-18(2)25(32)20(4)26(33)27(6,7)23(30)15-24(31)34-28(8,13-12-17)19(3)14-22-16-35-21(5)29-22/h12,14,16,18,20,23,25,30,32H,9-11,13,15H2,1-8H3/b17-12-,19-14?/t18-,20+,23-,25-,28-/m0/s1. The summed E-state index contributed by atoms with van der Waals surface area (Å²) in [7, 11) is 0. The zero-order valence-corrected chi connectivity index (χ0v) is 23.4. The van der Waals surface area contributed by atoms with E-state index < -0.39 is 35.1 Å². The third-order valence-corrected chi connectivity index (χ3v) is 8.37. The van der Waals surface area contributed by atoms with E-state index in [1.165, 1.54) is 5.57 Å². The Balaban J connectivity index is 2.41. The van der Waals surface area contributed by atoms with Gasteiger partial charge in [0.1, 0.15) is 11.4 Å². The number of allylic oxidation sites excluding steroid dienone is 1. The summed E-state index contributed by atoms with van der Waals surface area (Å²) in [5, 5.41) is 24.6. The fourth-order valence-electron chi connectivity index (χ4n) is 4.55. The zero-order valence-electron chi connectivity index (χ0n) is 22.6. The third-order valence-electron chi connectivity index (χ3n) is 7.58. The maximum Gasteiger partial charge on any atom is 0.309 e. The van der Waals surface area contributed by atoms with E-state index in [0.717, 1.165) is 35.5 Å². The zero-order chi connectivity index (χ0) is 26.6. The molecule has 5 atom stereocenters. The van der Waals surface area contributed by atoms with Crippen LogP contribution in [0.15, 0.2) is 22.6 Å². The molecule has 0 bridgehead atoms. The van der Waals surface area contributed by atoms with Gasteiger partial charge in [0.25, 0.3) is 0 Å². The van der Waals surface area contributed by atoms with E-state index in [-0.39, 0.29) is 18.1 Å². The lowest BCUT2D eigenvalue weighted by atomic mass is 9.73. The molecule has 35 heavy (non-hydrogen) atoms. The van der Waals surface area contributed by atoms with E-state index in [0.29, 0.717) is 6.42 Å². The van der Waals surface area contributed by atoms with Crippen molar-refractivity contribution >= 4 is 29.2 Å². The molecule has 2 N–H and O–H groups in total. The number of hydrogen-bond donors (Lipinski definition) is 2. The molecule has 0 unspecified atom stereocenters. The molecule has 0 radical (unpaired) electrons. The van der Waals surface area contributed by atoms with Crippen LogP contribution in [0.3, 0.4) is 0 Å². The van der Waals surface area contributed by atoms with Crippen LogP contribution in [0.2, 0.25) is 0 Å². The number of hydrogen-bond acceptors (Lipinski definition) is 7. The van der Waals surface area contributed by atoms with Crippen molar-refractivity contribution in [2.45, 2.75) is 105 Å². The van der Waals surface area contributed by atoms with Crippen molar-refractivity contribution in [3.8, 4) is 0 Å². The van der Waals surface area contributed by atoms with Crippen LogP contribution >= 0.6 is 11.3 Å². The lowest BCUT2D eigenvalue weighted by molar-refractivity contribution is -0.160. The smallest absolute Gasteiger partial charge is 0.309 e. The highest BCUT2D eigenvalue weighted by molar-refractivity contribution is 7.09. The maximum atomic E-state index is 13.2. The predicted octanol–water partition coefficient (Wildman–Crippen LogP) is 5.66. The molecule has 0 amide bonds. The number of cyclic esters (lactones) is 1. The second-order valence-electron chi connectivity index (χ2n) is 11.0. The first-order valence-electron chi connectivity index (χ1n) is 12.6. The first kappa shape index (κ1) is 29.4. The Morgan fingerprint density at radius 3 is 2.46 bits per heavy atom. The molecule has 2 rings (SSSR count). The number of aromatic nitrogens is 1. The minimum atomic E-state index is -1.23. The minimum absolute atomic E-state index is 0.0513. The molecule has 2 heterocycles. The number of nitrogens with zero attached hydrogens (tertiary/aromatic N) is 1. The third kappa shape index (κ3) is 7.58. The molecule has 0 aromatic carbocycles. The maximum absolute atomic E-state index is 13.2. The molecular weight excluding hydrogens is 462 g/mol. The Hall–Kier alpha value is -1.83. The Bertz CT molecular complexity index is 962. The predicted molar refractivity (Wildman–Crippen MR) is 141 cm³/mol. The summed E-state index contributed by atoms with van der Waals surface area (Å²) in [4.78, 5) is 30.8. The van der Waals surface area contributed by atoms with Crippen molar-refractivity contribution in [2.24, 2.45) is 17.3 Å². The largest absolute Gasteiger partial charge is 0.454 e. The number of esters is 1. The Labute approximate surface area is 214 Å². The summed E-state index contributed by atoms with van der Waals surface area (Å²) in [5.41, 5.74) is 0.743. The number of Topliss-reactive ketones (excluding diaryl/α,β-unsaturated/α-hetero) is 1. The summed E-state index contributed by atoms with van der Waals surface area (Å²) in [6.45, 7) is 14.7. The van der Waals surface area contributed by atoms with E-state index in [1.807, 2.05) is 39.2 Å². The molecule has 0 saturated heterocycles. The molecule has 1 aromatic rings. The van der Waals surface area contributed by atoms with Gasteiger partial charge in [-0.05, 0) is 64.5 Å². The van der Waals surface area contributed by atoms with E-state index in [9.17, 15) is 19.8 Å². The van der Waals surface area contributed by atoms with Crippen molar-refractivity contribution in [3.05, 3.63) is 33.3 Å². The summed E-state index contributed by atoms with van der Waals surface area (Å²) < 4.78 is 6.00. The lowest BCUT2D eigenvalue weighted by Gasteiger charge is -2.35. The van der Waals surface area contributed by atoms with Gasteiger partial charge in [0.05, 0.1) is 34.7 Å². The monoisotopic (exact) mass is 505 g/mol. The van der Waals surface area contributed by atoms with Gasteiger partial charge >= 0.3 is 5.97 Å². The molecule has 0 fully saturated rings. The van der Waals surface area contributed by atoms with Crippen LogP contribution in [0.4, 0.5) is 0 Å². The molecule has 196 valence electrons. The van der Waals surface area contributed by atoms with Crippen molar-refractivity contribution in [3.63, 3.8) is 0 Å². The highest BCUT2D eigenvalue weighted by Gasteiger charge is 2.43. The molecule has 1 aliphatic rings. The number of aryl methyl sites for hydroxylation is 1. The van der Waals surface area contributed by atoms with Gasteiger partial charge in [-0.3, -0.25) is 9.59 Å². The molecular formula is C28H43NO5S. The van der Waals surface area contributed by atoms with Gasteiger partial charge in [-0.25, -0.2) is 4.98 Å². The van der Waals surface area contributed by atoms with Crippen LogP contribution in [0.1, 0.15) is 91.3 Å². The van der Waals surface area contributed by atoms with E-state index in [4.69, 9.17) is 4.74 Å². The molecule has 0 saturated carbocycles.